The number of benzene rings is 1. The molecule has 0 fully saturated rings. The zero-order valence-corrected chi connectivity index (χ0v) is 15.8. The lowest BCUT2D eigenvalue weighted by Crippen LogP contribution is -2.42. The van der Waals surface area contributed by atoms with Crippen LogP contribution in [0, 0.1) is 6.92 Å². The van der Waals surface area contributed by atoms with Crippen molar-refractivity contribution in [2.75, 3.05) is 13.7 Å². The predicted molar refractivity (Wildman–Crippen MR) is 98.4 cm³/mol. The fraction of sp³-hybridized carbons (Fsp3) is 0.368. The Morgan fingerprint density at radius 1 is 1.32 bits per heavy atom. The number of nitrogens with one attached hydrogen (secondary N) is 1. The quantitative estimate of drug-likeness (QED) is 0.209. The van der Waals surface area contributed by atoms with Crippen LogP contribution in [0.5, 0.6) is 0 Å². The van der Waals surface area contributed by atoms with E-state index in [4.69, 9.17) is 14.4 Å². The molecule has 2 N–H and O–H groups in total. The summed E-state index contributed by atoms with van der Waals surface area (Å²) in [5, 5.41) is 12.2. The third-order valence-electron chi connectivity index (χ3n) is 4.08. The summed E-state index contributed by atoms with van der Waals surface area (Å²) in [5.41, 5.74) is 0.827. The van der Waals surface area contributed by atoms with Gasteiger partial charge in [-0.1, -0.05) is 18.2 Å². The molecule has 1 heterocycles. The fourth-order valence-corrected chi connectivity index (χ4v) is 2.60. The maximum absolute atomic E-state index is 12.6. The molecule has 9 nitrogen and oxygen atoms in total. The standard InChI is InChI=1S/C19H23N3O6/c1-13-16(21-18(28-13)14-8-4-3-5-9-14)17(24)20-15(19(25)27-2)10-6-7-11-22(26)12-23/h3-5,8-9,12,15,26H,6-7,10-11H2,1-2H3,(H,20,24)/t15-/m1/s1. The highest BCUT2D eigenvalue weighted by Gasteiger charge is 2.25. The number of esters is 1. The van der Waals surface area contributed by atoms with Crippen LogP contribution in [0.4, 0.5) is 0 Å². The first kappa shape index (κ1) is 21.1. The molecular formula is C19H23N3O6. The number of amides is 2. The number of hydroxylamine groups is 2. The van der Waals surface area contributed by atoms with E-state index in [2.05, 4.69) is 10.3 Å². The lowest BCUT2D eigenvalue weighted by atomic mass is 10.1. The molecule has 0 bridgehead atoms. The highest BCUT2D eigenvalue weighted by molar-refractivity contribution is 5.96. The van der Waals surface area contributed by atoms with Crippen LogP contribution in [-0.4, -0.2) is 53.2 Å². The fourth-order valence-electron chi connectivity index (χ4n) is 2.60. The molecule has 0 aliphatic carbocycles. The average Bonchev–Trinajstić information content (AvgIpc) is 3.11. The third kappa shape index (κ3) is 5.65. The topological polar surface area (TPSA) is 122 Å². The van der Waals surface area contributed by atoms with Gasteiger partial charge < -0.3 is 14.5 Å². The molecule has 0 saturated heterocycles. The highest BCUT2D eigenvalue weighted by atomic mass is 16.5. The molecule has 1 atom stereocenters. The Balaban J connectivity index is 2.03. The second kappa shape index (κ2) is 10.2. The van der Waals surface area contributed by atoms with Gasteiger partial charge in [-0.3, -0.25) is 14.8 Å². The lowest BCUT2D eigenvalue weighted by molar-refractivity contribution is -0.150. The number of aryl methyl sites for hydroxylation is 1. The van der Waals surface area contributed by atoms with E-state index in [1.165, 1.54) is 7.11 Å². The van der Waals surface area contributed by atoms with Gasteiger partial charge in [-0.25, -0.2) is 14.8 Å². The van der Waals surface area contributed by atoms with E-state index in [1.54, 1.807) is 6.92 Å². The first-order valence-corrected chi connectivity index (χ1v) is 8.78. The van der Waals surface area contributed by atoms with Gasteiger partial charge in [0.15, 0.2) is 5.69 Å². The molecule has 0 saturated carbocycles. The van der Waals surface area contributed by atoms with Crippen LogP contribution in [0.2, 0.25) is 0 Å². The van der Waals surface area contributed by atoms with E-state index in [9.17, 15) is 14.4 Å². The zero-order chi connectivity index (χ0) is 20.5. The smallest absolute Gasteiger partial charge is 0.328 e. The molecular weight excluding hydrogens is 366 g/mol. The van der Waals surface area contributed by atoms with Gasteiger partial charge in [0.05, 0.1) is 7.11 Å². The van der Waals surface area contributed by atoms with Gasteiger partial charge in [-0.05, 0) is 38.3 Å². The van der Waals surface area contributed by atoms with E-state index >= 15 is 0 Å². The molecule has 1 aromatic carbocycles. The Morgan fingerprint density at radius 3 is 2.68 bits per heavy atom. The minimum atomic E-state index is -0.878. The van der Waals surface area contributed by atoms with Crippen molar-refractivity contribution in [3.63, 3.8) is 0 Å². The Hall–Kier alpha value is -3.20. The van der Waals surface area contributed by atoms with Gasteiger partial charge in [-0.15, -0.1) is 0 Å². The van der Waals surface area contributed by atoms with Gasteiger partial charge in [0.25, 0.3) is 5.91 Å². The average molecular weight is 389 g/mol. The predicted octanol–water partition coefficient (Wildman–Crippen LogP) is 1.94. The SMILES string of the molecule is COC(=O)[C@@H](CCCCN(O)C=O)NC(=O)c1nc(-c2ccccc2)oc1C. The van der Waals surface area contributed by atoms with Crippen molar-refractivity contribution in [2.24, 2.45) is 0 Å². The summed E-state index contributed by atoms with van der Waals surface area (Å²) < 4.78 is 10.3. The number of hydrogen-bond donors (Lipinski definition) is 2. The molecule has 0 radical (unpaired) electrons. The number of methoxy groups -OCH3 is 1. The normalized spacial score (nSPS) is 11.5. The van der Waals surface area contributed by atoms with Crippen LogP contribution < -0.4 is 5.32 Å². The number of ether oxygens (including phenoxy) is 1. The van der Waals surface area contributed by atoms with Crippen molar-refractivity contribution in [1.82, 2.24) is 15.4 Å². The zero-order valence-electron chi connectivity index (χ0n) is 15.8. The third-order valence-corrected chi connectivity index (χ3v) is 4.08. The van der Waals surface area contributed by atoms with Gasteiger partial charge in [0, 0.05) is 12.1 Å². The van der Waals surface area contributed by atoms with E-state index in [1.807, 2.05) is 30.3 Å². The van der Waals surface area contributed by atoms with Crippen LogP contribution >= 0.6 is 0 Å². The maximum Gasteiger partial charge on any atom is 0.328 e. The Labute approximate surface area is 162 Å². The minimum absolute atomic E-state index is 0.0928. The number of nitrogens with zero attached hydrogens (tertiary/aromatic N) is 2. The van der Waals surface area contributed by atoms with Crippen molar-refractivity contribution in [2.45, 2.75) is 32.2 Å². The molecule has 2 amide bonds. The van der Waals surface area contributed by atoms with Gasteiger partial charge >= 0.3 is 5.97 Å². The number of hydrogen-bond acceptors (Lipinski definition) is 7. The summed E-state index contributed by atoms with van der Waals surface area (Å²) in [7, 11) is 1.23. The monoisotopic (exact) mass is 389 g/mol. The van der Waals surface area contributed by atoms with Crippen LogP contribution in [0.3, 0.4) is 0 Å². The maximum atomic E-state index is 12.6. The second-order valence-corrected chi connectivity index (χ2v) is 6.10. The molecule has 0 aliphatic heterocycles. The van der Waals surface area contributed by atoms with E-state index in [0.29, 0.717) is 36.0 Å². The summed E-state index contributed by atoms with van der Waals surface area (Å²) >= 11 is 0. The summed E-state index contributed by atoms with van der Waals surface area (Å²) in [5.74, 6) is -0.485. The molecule has 150 valence electrons. The summed E-state index contributed by atoms with van der Waals surface area (Å²) in [6.07, 6.45) is 1.53. The van der Waals surface area contributed by atoms with E-state index in [0.717, 1.165) is 5.56 Å². The molecule has 28 heavy (non-hydrogen) atoms. The molecule has 0 aliphatic rings. The van der Waals surface area contributed by atoms with Crippen molar-refractivity contribution >= 4 is 18.3 Å². The first-order chi connectivity index (χ1) is 13.5. The van der Waals surface area contributed by atoms with E-state index < -0.39 is 17.9 Å². The van der Waals surface area contributed by atoms with Gasteiger partial charge in [-0.2, -0.15) is 0 Å². The van der Waals surface area contributed by atoms with Crippen molar-refractivity contribution < 1.29 is 28.7 Å². The number of aromatic nitrogens is 1. The minimum Gasteiger partial charge on any atom is -0.467 e. The van der Waals surface area contributed by atoms with Crippen LogP contribution in [0.15, 0.2) is 34.7 Å². The number of oxazole rings is 1. The summed E-state index contributed by atoms with van der Waals surface area (Å²) in [6, 6.07) is 8.28. The Kier molecular flexibility index (Phi) is 7.70. The second-order valence-electron chi connectivity index (χ2n) is 6.10. The van der Waals surface area contributed by atoms with Gasteiger partial charge in [0.2, 0.25) is 12.3 Å². The Morgan fingerprint density at radius 2 is 2.04 bits per heavy atom. The highest BCUT2D eigenvalue weighted by Crippen LogP contribution is 2.21. The number of unbranched alkanes of at least 4 members (excludes halogenated alkanes) is 1. The lowest BCUT2D eigenvalue weighted by Gasteiger charge is -2.16. The summed E-state index contributed by atoms with van der Waals surface area (Å²) in [4.78, 5) is 39.2. The molecule has 9 heteroatoms. The molecule has 0 unspecified atom stereocenters. The summed E-state index contributed by atoms with van der Waals surface area (Å²) in [6.45, 7) is 1.75. The van der Waals surface area contributed by atoms with Crippen LogP contribution in [0.1, 0.15) is 35.5 Å². The first-order valence-electron chi connectivity index (χ1n) is 8.78. The molecule has 0 spiro atoms. The molecule has 1 aromatic heterocycles. The number of carbonyl (C=O) groups is 3. The molecule has 2 rings (SSSR count). The Bertz CT molecular complexity index is 805. The van der Waals surface area contributed by atoms with Crippen LogP contribution in [0.25, 0.3) is 11.5 Å². The van der Waals surface area contributed by atoms with Crippen molar-refractivity contribution in [3.8, 4) is 11.5 Å². The van der Waals surface area contributed by atoms with Crippen molar-refractivity contribution in [1.29, 1.82) is 0 Å². The van der Waals surface area contributed by atoms with Crippen LogP contribution in [-0.2, 0) is 14.3 Å². The molecule has 2 aromatic rings. The largest absolute Gasteiger partial charge is 0.467 e. The number of rotatable bonds is 10. The van der Waals surface area contributed by atoms with Gasteiger partial charge in [0.1, 0.15) is 11.8 Å². The van der Waals surface area contributed by atoms with Crippen molar-refractivity contribution in [3.05, 3.63) is 41.8 Å². The number of carbonyl (C=O) groups excluding carboxylic acids is 3. The van der Waals surface area contributed by atoms with E-state index in [-0.39, 0.29) is 18.7 Å².